The van der Waals surface area contributed by atoms with Gasteiger partial charge >= 0.3 is 0 Å². The van der Waals surface area contributed by atoms with E-state index in [1.54, 1.807) is 0 Å². The number of benzene rings is 1. The van der Waals surface area contributed by atoms with E-state index in [1.165, 1.54) is 41.5 Å². The Balaban J connectivity index is 2.35. The average molecular weight is 276 g/mol. The number of alkyl halides is 1. The standard InChI is InChI=1S/C14H14BrN/c15-9-12-10-5-1-3-7-13(10)16-14-8-4-2-6-11(12)14/h1,3,5,7H,2,4,6,8-9H2. The summed E-state index contributed by atoms with van der Waals surface area (Å²) in [4.78, 5) is 4.80. The first-order valence-corrected chi connectivity index (χ1v) is 6.97. The molecular weight excluding hydrogens is 262 g/mol. The van der Waals surface area contributed by atoms with E-state index >= 15 is 0 Å². The number of hydrogen-bond acceptors (Lipinski definition) is 1. The Morgan fingerprint density at radius 2 is 1.94 bits per heavy atom. The molecule has 0 N–H and O–H groups in total. The van der Waals surface area contributed by atoms with Gasteiger partial charge in [-0.25, -0.2) is 0 Å². The van der Waals surface area contributed by atoms with Crippen molar-refractivity contribution < 1.29 is 0 Å². The van der Waals surface area contributed by atoms with Crippen molar-refractivity contribution in [2.24, 2.45) is 0 Å². The molecule has 0 saturated carbocycles. The predicted octanol–water partition coefficient (Wildman–Crippen LogP) is 4.01. The second-order valence-electron chi connectivity index (χ2n) is 4.37. The highest BCUT2D eigenvalue weighted by Crippen LogP contribution is 2.30. The SMILES string of the molecule is BrCc1c2c(nc3ccccc13)CCCC2. The number of fused-ring (bicyclic) bond motifs is 2. The molecule has 1 aromatic carbocycles. The normalized spacial score (nSPS) is 15.1. The highest BCUT2D eigenvalue weighted by Gasteiger charge is 2.16. The fourth-order valence-electron chi connectivity index (χ4n) is 2.62. The molecule has 0 saturated heterocycles. The quantitative estimate of drug-likeness (QED) is 0.717. The maximum absolute atomic E-state index is 4.80. The summed E-state index contributed by atoms with van der Waals surface area (Å²) in [6.07, 6.45) is 4.96. The van der Waals surface area contributed by atoms with Gasteiger partial charge in [0.2, 0.25) is 0 Å². The lowest BCUT2D eigenvalue weighted by molar-refractivity contribution is 0.667. The minimum absolute atomic E-state index is 0.943. The van der Waals surface area contributed by atoms with Gasteiger partial charge in [0.15, 0.2) is 0 Å². The molecule has 2 aromatic rings. The lowest BCUT2D eigenvalue weighted by Gasteiger charge is -2.19. The topological polar surface area (TPSA) is 12.9 Å². The van der Waals surface area contributed by atoms with Crippen LogP contribution in [0.25, 0.3) is 10.9 Å². The van der Waals surface area contributed by atoms with Crippen molar-refractivity contribution in [2.45, 2.75) is 31.0 Å². The molecule has 82 valence electrons. The highest BCUT2D eigenvalue weighted by molar-refractivity contribution is 9.08. The number of aromatic nitrogens is 1. The third-order valence-electron chi connectivity index (χ3n) is 3.42. The van der Waals surface area contributed by atoms with Crippen molar-refractivity contribution in [1.82, 2.24) is 4.98 Å². The van der Waals surface area contributed by atoms with Crippen LogP contribution in [-0.4, -0.2) is 4.98 Å². The molecule has 1 aliphatic carbocycles. The van der Waals surface area contributed by atoms with Crippen LogP contribution in [0.2, 0.25) is 0 Å². The third kappa shape index (κ3) is 1.56. The van der Waals surface area contributed by atoms with E-state index < -0.39 is 0 Å². The molecule has 0 unspecified atom stereocenters. The van der Waals surface area contributed by atoms with E-state index in [1.807, 2.05) is 0 Å². The van der Waals surface area contributed by atoms with Gasteiger partial charge in [-0.2, -0.15) is 0 Å². The Kier molecular flexibility index (Phi) is 2.68. The summed E-state index contributed by atoms with van der Waals surface area (Å²) in [6, 6.07) is 8.48. The fraction of sp³-hybridized carbons (Fsp3) is 0.357. The molecule has 1 heterocycles. The molecule has 0 atom stereocenters. The van der Waals surface area contributed by atoms with Gasteiger partial charge in [-0.1, -0.05) is 34.1 Å². The zero-order valence-electron chi connectivity index (χ0n) is 9.17. The Hall–Kier alpha value is -0.890. The summed E-state index contributed by atoms with van der Waals surface area (Å²) in [5.41, 5.74) is 5.44. The van der Waals surface area contributed by atoms with Crippen molar-refractivity contribution in [3.8, 4) is 0 Å². The smallest absolute Gasteiger partial charge is 0.0708 e. The first kappa shape index (κ1) is 10.3. The van der Waals surface area contributed by atoms with Gasteiger partial charge in [0.05, 0.1) is 5.52 Å². The second-order valence-corrected chi connectivity index (χ2v) is 4.93. The number of hydrogen-bond donors (Lipinski definition) is 0. The molecule has 0 bridgehead atoms. The van der Waals surface area contributed by atoms with Crippen LogP contribution in [0.5, 0.6) is 0 Å². The molecule has 1 aliphatic rings. The summed E-state index contributed by atoms with van der Waals surface area (Å²) < 4.78 is 0. The first-order chi connectivity index (χ1) is 7.90. The van der Waals surface area contributed by atoms with Crippen molar-refractivity contribution in [3.05, 3.63) is 41.1 Å². The van der Waals surface area contributed by atoms with Crippen molar-refractivity contribution in [2.75, 3.05) is 0 Å². The van der Waals surface area contributed by atoms with E-state index in [0.29, 0.717) is 0 Å². The van der Waals surface area contributed by atoms with E-state index in [4.69, 9.17) is 4.98 Å². The molecule has 0 spiro atoms. The lowest BCUT2D eigenvalue weighted by atomic mass is 9.90. The molecule has 16 heavy (non-hydrogen) atoms. The molecule has 0 fully saturated rings. The van der Waals surface area contributed by atoms with Gasteiger partial charge in [0.1, 0.15) is 0 Å². The van der Waals surface area contributed by atoms with E-state index in [2.05, 4.69) is 40.2 Å². The molecule has 1 aromatic heterocycles. The van der Waals surface area contributed by atoms with Crippen LogP contribution in [0.3, 0.4) is 0 Å². The summed E-state index contributed by atoms with van der Waals surface area (Å²) in [5.74, 6) is 0. The van der Waals surface area contributed by atoms with Crippen LogP contribution in [0.15, 0.2) is 24.3 Å². The van der Waals surface area contributed by atoms with E-state index in [9.17, 15) is 0 Å². The maximum atomic E-state index is 4.80. The number of nitrogens with zero attached hydrogens (tertiary/aromatic N) is 1. The van der Waals surface area contributed by atoms with E-state index in [0.717, 1.165) is 17.3 Å². The Labute approximate surface area is 104 Å². The number of halogens is 1. The van der Waals surface area contributed by atoms with Crippen LogP contribution >= 0.6 is 15.9 Å². The number of para-hydroxylation sites is 1. The van der Waals surface area contributed by atoms with Crippen molar-refractivity contribution >= 4 is 26.8 Å². The molecule has 0 aliphatic heterocycles. The Morgan fingerprint density at radius 3 is 2.81 bits per heavy atom. The fourth-order valence-corrected chi connectivity index (χ4v) is 3.27. The van der Waals surface area contributed by atoms with Crippen LogP contribution in [0.1, 0.15) is 29.7 Å². The van der Waals surface area contributed by atoms with Crippen LogP contribution in [0.4, 0.5) is 0 Å². The van der Waals surface area contributed by atoms with E-state index in [-0.39, 0.29) is 0 Å². The van der Waals surface area contributed by atoms with Gasteiger partial charge < -0.3 is 0 Å². The van der Waals surface area contributed by atoms with Gasteiger partial charge in [-0.15, -0.1) is 0 Å². The minimum atomic E-state index is 0.943. The molecule has 0 radical (unpaired) electrons. The van der Waals surface area contributed by atoms with Crippen LogP contribution in [-0.2, 0) is 18.2 Å². The van der Waals surface area contributed by atoms with Crippen molar-refractivity contribution in [3.63, 3.8) is 0 Å². The van der Waals surface area contributed by atoms with Crippen LogP contribution in [0, 0.1) is 0 Å². The molecule has 3 rings (SSSR count). The molecule has 1 nitrogen and oxygen atoms in total. The second kappa shape index (κ2) is 4.17. The van der Waals surface area contributed by atoms with Gasteiger partial charge in [0.25, 0.3) is 0 Å². The summed E-state index contributed by atoms with van der Waals surface area (Å²) in [6.45, 7) is 0. The Morgan fingerprint density at radius 1 is 1.12 bits per heavy atom. The number of rotatable bonds is 1. The van der Waals surface area contributed by atoms with Crippen LogP contribution < -0.4 is 0 Å². The zero-order valence-corrected chi connectivity index (χ0v) is 10.8. The summed E-state index contributed by atoms with van der Waals surface area (Å²) >= 11 is 3.63. The molecule has 2 heteroatoms. The number of pyridine rings is 1. The van der Waals surface area contributed by atoms with Gasteiger partial charge in [-0.3, -0.25) is 4.98 Å². The zero-order chi connectivity index (χ0) is 11.0. The average Bonchev–Trinajstić information content (AvgIpc) is 2.36. The highest BCUT2D eigenvalue weighted by atomic mass is 79.9. The third-order valence-corrected chi connectivity index (χ3v) is 3.98. The summed E-state index contributed by atoms with van der Waals surface area (Å²) in [7, 11) is 0. The maximum Gasteiger partial charge on any atom is 0.0708 e. The first-order valence-electron chi connectivity index (χ1n) is 5.85. The predicted molar refractivity (Wildman–Crippen MR) is 71.0 cm³/mol. The largest absolute Gasteiger partial charge is 0.253 e. The lowest BCUT2D eigenvalue weighted by Crippen LogP contribution is -2.09. The number of aryl methyl sites for hydroxylation is 1. The van der Waals surface area contributed by atoms with Gasteiger partial charge in [0, 0.05) is 16.4 Å². The monoisotopic (exact) mass is 275 g/mol. The summed E-state index contributed by atoms with van der Waals surface area (Å²) in [5, 5.41) is 2.26. The van der Waals surface area contributed by atoms with Crippen molar-refractivity contribution in [1.29, 1.82) is 0 Å². The Bertz CT molecular complexity index is 533. The van der Waals surface area contributed by atoms with Gasteiger partial charge in [-0.05, 0) is 42.9 Å². The minimum Gasteiger partial charge on any atom is -0.253 e. The molecular formula is C14H14BrN. The molecule has 0 amide bonds.